The molecule has 0 unspecified atom stereocenters. The first-order valence-corrected chi connectivity index (χ1v) is 8.74. The van der Waals surface area contributed by atoms with Crippen molar-refractivity contribution in [3.8, 4) is 0 Å². The van der Waals surface area contributed by atoms with E-state index >= 15 is 0 Å². The molecule has 1 saturated carbocycles. The van der Waals surface area contributed by atoms with Crippen LogP contribution in [0.15, 0.2) is 32.3 Å². The van der Waals surface area contributed by atoms with Crippen LogP contribution in [-0.2, 0) is 10.0 Å². The predicted molar refractivity (Wildman–Crippen MR) is 78.6 cm³/mol. The lowest BCUT2D eigenvalue weighted by Crippen LogP contribution is -2.34. The van der Waals surface area contributed by atoms with Crippen molar-refractivity contribution in [2.24, 2.45) is 0 Å². The Morgan fingerprint density at radius 3 is 2.68 bits per heavy atom. The summed E-state index contributed by atoms with van der Waals surface area (Å²) in [6, 6.07) is 3.16. The minimum Gasteiger partial charge on any atom is -0.225 e. The molecule has 0 aliphatic heterocycles. The van der Waals surface area contributed by atoms with Gasteiger partial charge in [0.2, 0.25) is 10.0 Å². The SMILES string of the molecule is CC1(NS(=O)(=O)c2cc(Br)n3ncc(Br)c3c2)CC1. The summed E-state index contributed by atoms with van der Waals surface area (Å²) >= 11 is 6.69. The van der Waals surface area contributed by atoms with Crippen LogP contribution in [0.3, 0.4) is 0 Å². The van der Waals surface area contributed by atoms with Gasteiger partial charge in [0.15, 0.2) is 0 Å². The van der Waals surface area contributed by atoms with Gasteiger partial charge in [0.1, 0.15) is 4.60 Å². The van der Waals surface area contributed by atoms with Gasteiger partial charge in [-0.05, 0) is 63.8 Å². The molecule has 8 heteroatoms. The van der Waals surface area contributed by atoms with Gasteiger partial charge in [0, 0.05) is 5.54 Å². The molecule has 1 N–H and O–H groups in total. The van der Waals surface area contributed by atoms with Crippen LogP contribution >= 0.6 is 31.9 Å². The van der Waals surface area contributed by atoms with Gasteiger partial charge in [-0.1, -0.05) is 0 Å². The number of fused-ring (bicyclic) bond motifs is 1. The molecule has 0 radical (unpaired) electrons. The summed E-state index contributed by atoms with van der Waals surface area (Å²) in [5.74, 6) is 0. The Labute approximate surface area is 127 Å². The molecule has 0 bridgehead atoms. The van der Waals surface area contributed by atoms with E-state index < -0.39 is 10.0 Å². The summed E-state index contributed by atoms with van der Waals surface area (Å²) in [6.07, 6.45) is 3.39. The van der Waals surface area contributed by atoms with Crippen molar-refractivity contribution >= 4 is 47.4 Å². The quantitative estimate of drug-likeness (QED) is 0.794. The highest BCUT2D eigenvalue weighted by atomic mass is 79.9. The number of hydrogen-bond donors (Lipinski definition) is 1. The third-order valence-corrected chi connectivity index (χ3v) is 5.99. The second-order valence-corrected chi connectivity index (χ2v) is 8.32. The first-order valence-electron chi connectivity index (χ1n) is 5.68. The van der Waals surface area contributed by atoms with Crippen LogP contribution in [-0.4, -0.2) is 23.6 Å². The van der Waals surface area contributed by atoms with E-state index in [4.69, 9.17) is 0 Å². The van der Waals surface area contributed by atoms with Crippen molar-refractivity contribution in [3.63, 3.8) is 0 Å². The molecule has 0 spiro atoms. The summed E-state index contributed by atoms with van der Waals surface area (Å²) in [5.41, 5.74) is 0.422. The average molecular weight is 409 g/mol. The second kappa shape index (κ2) is 4.28. The molecular weight excluding hydrogens is 398 g/mol. The molecule has 1 aliphatic carbocycles. The van der Waals surface area contributed by atoms with Crippen LogP contribution in [0.4, 0.5) is 0 Å². The van der Waals surface area contributed by atoms with E-state index in [-0.39, 0.29) is 10.4 Å². The zero-order chi connectivity index (χ0) is 13.8. The zero-order valence-corrected chi connectivity index (χ0v) is 14.0. The minimum absolute atomic E-state index is 0.237. The highest BCUT2D eigenvalue weighted by Gasteiger charge is 2.41. The van der Waals surface area contributed by atoms with Gasteiger partial charge in [0.25, 0.3) is 0 Å². The lowest BCUT2D eigenvalue weighted by molar-refractivity contribution is 0.558. The average Bonchev–Trinajstić information content (AvgIpc) is 2.89. The molecule has 102 valence electrons. The molecule has 2 aromatic rings. The number of nitrogens with zero attached hydrogens (tertiary/aromatic N) is 2. The number of hydrogen-bond acceptors (Lipinski definition) is 3. The van der Waals surface area contributed by atoms with Gasteiger partial charge in [0.05, 0.1) is 21.1 Å². The van der Waals surface area contributed by atoms with E-state index in [9.17, 15) is 8.42 Å². The van der Waals surface area contributed by atoms with Gasteiger partial charge in [-0.15, -0.1) is 0 Å². The van der Waals surface area contributed by atoms with E-state index in [1.165, 1.54) is 0 Å². The summed E-state index contributed by atoms with van der Waals surface area (Å²) in [4.78, 5) is 0.237. The maximum absolute atomic E-state index is 12.3. The summed E-state index contributed by atoms with van der Waals surface area (Å²) in [7, 11) is -3.51. The molecule has 0 saturated heterocycles. The highest BCUT2D eigenvalue weighted by Crippen LogP contribution is 2.36. The fraction of sp³-hybridized carbons (Fsp3) is 0.364. The van der Waals surface area contributed by atoms with E-state index in [0.29, 0.717) is 10.1 Å². The van der Waals surface area contributed by atoms with E-state index in [2.05, 4.69) is 41.7 Å². The number of sulfonamides is 1. The molecule has 19 heavy (non-hydrogen) atoms. The Hall–Kier alpha value is -0.440. The van der Waals surface area contributed by atoms with Gasteiger partial charge in [-0.25, -0.2) is 17.7 Å². The Morgan fingerprint density at radius 2 is 2.05 bits per heavy atom. The fourth-order valence-corrected chi connectivity index (χ4v) is 4.38. The lowest BCUT2D eigenvalue weighted by Gasteiger charge is -2.12. The summed E-state index contributed by atoms with van der Waals surface area (Å²) in [5, 5.41) is 4.14. The fourth-order valence-electron chi connectivity index (χ4n) is 1.82. The Bertz CT molecular complexity index is 766. The maximum atomic E-state index is 12.3. The second-order valence-electron chi connectivity index (χ2n) is 4.97. The maximum Gasteiger partial charge on any atom is 0.241 e. The van der Waals surface area contributed by atoms with Crippen molar-refractivity contribution in [3.05, 3.63) is 27.4 Å². The largest absolute Gasteiger partial charge is 0.241 e. The number of rotatable bonds is 3. The van der Waals surface area contributed by atoms with Gasteiger partial charge in [-0.2, -0.15) is 5.10 Å². The van der Waals surface area contributed by atoms with E-state index in [1.54, 1.807) is 22.8 Å². The van der Waals surface area contributed by atoms with Crippen molar-refractivity contribution < 1.29 is 8.42 Å². The van der Waals surface area contributed by atoms with E-state index in [1.807, 2.05) is 6.92 Å². The molecule has 1 fully saturated rings. The Balaban J connectivity index is 2.12. The molecule has 3 rings (SSSR count). The van der Waals surface area contributed by atoms with Crippen molar-refractivity contribution in [2.75, 3.05) is 0 Å². The monoisotopic (exact) mass is 407 g/mol. The van der Waals surface area contributed by atoms with Crippen molar-refractivity contribution in [1.82, 2.24) is 14.3 Å². The van der Waals surface area contributed by atoms with Crippen LogP contribution in [0.25, 0.3) is 5.52 Å². The molecular formula is C11H11Br2N3O2S. The smallest absolute Gasteiger partial charge is 0.225 e. The number of pyridine rings is 1. The highest BCUT2D eigenvalue weighted by molar-refractivity contribution is 9.11. The zero-order valence-electron chi connectivity index (χ0n) is 10.0. The lowest BCUT2D eigenvalue weighted by atomic mass is 10.4. The minimum atomic E-state index is -3.51. The predicted octanol–water partition coefficient (Wildman–Crippen LogP) is 2.69. The van der Waals surface area contributed by atoms with E-state index in [0.717, 1.165) is 17.3 Å². The van der Waals surface area contributed by atoms with Crippen LogP contribution in [0.1, 0.15) is 19.8 Å². The van der Waals surface area contributed by atoms with Crippen molar-refractivity contribution in [1.29, 1.82) is 0 Å². The normalized spacial score (nSPS) is 17.8. The first-order chi connectivity index (χ1) is 8.81. The van der Waals surface area contributed by atoms with Crippen LogP contribution in [0, 0.1) is 0 Å². The van der Waals surface area contributed by atoms with Gasteiger partial charge < -0.3 is 0 Å². The topological polar surface area (TPSA) is 63.5 Å². The standard InChI is InChI=1S/C11H11Br2N3O2S/c1-11(2-3-11)15-19(17,18)7-4-9-8(12)6-14-16(9)10(13)5-7/h4-6,15H,2-3H2,1H3. The molecule has 1 aliphatic rings. The molecule has 0 atom stereocenters. The Kier molecular flexibility index (Phi) is 3.05. The van der Waals surface area contributed by atoms with Crippen molar-refractivity contribution in [2.45, 2.75) is 30.2 Å². The van der Waals surface area contributed by atoms with Gasteiger partial charge in [-0.3, -0.25) is 0 Å². The van der Waals surface area contributed by atoms with Crippen LogP contribution in [0.5, 0.6) is 0 Å². The third kappa shape index (κ3) is 2.46. The number of halogens is 2. The summed E-state index contributed by atoms with van der Waals surface area (Å²) < 4.78 is 30.4. The number of nitrogens with one attached hydrogen (secondary N) is 1. The third-order valence-electron chi connectivity index (χ3n) is 3.19. The van der Waals surface area contributed by atoms with Crippen LogP contribution < -0.4 is 4.72 Å². The summed E-state index contributed by atoms with van der Waals surface area (Å²) in [6.45, 7) is 1.91. The molecule has 2 heterocycles. The molecule has 2 aromatic heterocycles. The number of aromatic nitrogens is 2. The molecule has 5 nitrogen and oxygen atoms in total. The molecule has 0 aromatic carbocycles. The van der Waals surface area contributed by atoms with Crippen LogP contribution in [0.2, 0.25) is 0 Å². The van der Waals surface area contributed by atoms with Gasteiger partial charge >= 0.3 is 0 Å². The first kappa shape index (κ1) is 13.5. The molecule has 0 amide bonds. The Morgan fingerprint density at radius 1 is 1.37 bits per heavy atom.